The average Bonchev–Trinajstić information content (AvgIpc) is 2.72. The zero-order valence-corrected chi connectivity index (χ0v) is 17.5. The van der Waals surface area contributed by atoms with Crippen molar-refractivity contribution in [3.8, 4) is 11.5 Å². The number of benzene rings is 2. The second-order valence-corrected chi connectivity index (χ2v) is 7.63. The fourth-order valence-electron chi connectivity index (χ4n) is 4.05. The zero-order chi connectivity index (χ0) is 20.8. The van der Waals surface area contributed by atoms with Crippen molar-refractivity contribution in [1.29, 1.82) is 0 Å². The van der Waals surface area contributed by atoms with Crippen LogP contribution in [0.1, 0.15) is 23.1 Å². The van der Waals surface area contributed by atoms with Crippen LogP contribution in [0.2, 0.25) is 0 Å². The number of nitrogens with zero attached hydrogens (tertiary/aromatic N) is 2. The monoisotopic (exact) mass is 402 g/mol. The number of rotatable bonds is 8. The molecule has 29 heavy (non-hydrogen) atoms. The number of aryl methyl sites for hydroxylation is 1. The maximum Gasteiger partial charge on any atom is 0.127 e. The lowest BCUT2D eigenvalue weighted by atomic mass is 10.0. The molecule has 1 fully saturated rings. The molecular formula is C23H31FN2O3. The van der Waals surface area contributed by atoms with Gasteiger partial charge < -0.3 is 14.6 Å². The first-order chi connectivity index (χ1) is 14.0. The average molecular weight is 403 g/mol. The Morgan fingerprint density at radius 1 is 1.07 bits per heavy atom. The predicted molar refractivity (Wildman–Crippen MR) is 112 cm³/mol. The first kappa shape index (κ1) is 21.6. The summed E-state index contributed by atoms with van der Waals surface area (Å²) in [6.45, 7) is 6.09. The molecule has 6 heteroatoms. The van der Waals surface area contributed by atoms with Gasteiger partial charge in [-0.25, -0.2) is 4.39 Å². The van der Waals surface area contributed by atoms with Crippen LogP contribution in [-0.4, -0.2) is 61.4 Å². The molecule has 0 amide bonds. The molecule has 1 aliphatic heterocycles. The van der Waals surface area contributed by atoms with Gasteiger partial charge in [-0.2, -0.15) is 0 Å². The molecule has 0 aromatic heterocycles. The fraction of sp³-hybridized carbons (Fsp3) is 0.478. The van der Waals surface area contributed by atoms with Crippen molar-refractivity contribution >= 4 is 0 Å². The van der Waals surface area contributed by atoms with Crippen LogP contribution in [0.15, 0.2) is 36.4 Å². The van der Waals surface area contributed by atoms with E-state index in [0.29, 0.717) is 24.3 Å². The molecule has 1 heterocycles. The van der Waals surface area contributed by atoms with E-state index >= 15 is 0 Å². The third kappa shape index (κ3) is 5.47. The van der Waals surface area contributed by atoms with Crippen LogP contribution in [-0.2, 0) is 13.1 Å². The number of hydrogen-bond donors (Lipinski definition) is 1. The van der Waals surface area contributed by atoms with Crippen molar-refractivity contribution < 1.29 is 19.0 Å². The molecule has 0 aliphatic carbocycles. The van der Waals surface area contributed by atoms with E-state index in [0.717, 1.165) is 37.5 Å². The van der Waals surface area contributed by atoms with Gasteiger partial charge in [0.25, 0.3) is 0 Å². The number of piperazine rings is 1. The topological polar surface area (TPSA) is 45.2 Å². The van der Waals surface area contributed by atoms with E-state index in [1.807, 2.05) is 13.0 Å². The van der Waals surface area contributed by atoms with E-state index in [4.69, 9.17) is 9.47 Å². The summed E-state index contributed by atoms with van der Waals surface area (Å²) in [7, 11) is 3.28. The van der Waals surface area contributed by atoms with E-state index in [1.165, 1.54) is 11.6 Å². The highest BCUT2D eigenvalue weighted by atomic mass is 19.1. The first-order valence-electron chi connectivity index (χ1n) is 10.1. The molecule has 0 unspecified atom stereocenters. The van der Waals surface area contributed by atoms with E-state index < -0.39 is 0 Å². The summed E-state index contributed by atoms with van der Waals surface area (Å²) < 4.78 is 24.8. The maximum atomic E-state index is 14.2. The van der Waals surface area contributed by atoms with E-state index in [9.17, 15) is 9.50 Å². The lowest BCUT2D eigenvalue weighted by Gasteiger charge is -2.41. The van der Waals surface area contributed by atoms with Gasteiger partial charge in [-0.05, 0) is 48.7 Å². The molecule has 158 valence electrons. The van der Waals surface area contributed by atoms with Gasteiger partial charge in [-0.15, -0.1) is 0 Å². The highest BCUT2D eigenvalue weighted by Gasteiger charge is 2.27. The minimum atomic E-state index is -0.208. The molecule has 1 saturated heterocycles. The SMILES string of the molecule is COc1ccc(F)c(CN2CCN(Cc3ccc(OC)c(C)c3)[C@@H](CCO)C2)c1. The quantitative estimate of drug-likeness (QED) is 0.735. The van der Waals surface area contributed by atoms with Gasteiger partial charge in [0.15, 0.2) is 0 Å². The molecule has 3 rings (SSSR count). The highest BCUT2D eigenvalue weighted by Crippen LogP contribution is 2.24. The van der Waals surface area contributed by atoms with Crippen molar-refractivity contribution in [2.24, 2.45) is 0 Å². The largest absolute Gasteiger partial charge is 0.497 e. The van der Waals surface area contributed by atoms with Crippen LogP contribution in [0.4, 0.5) is 4.39 Å². The Morgan fingerprint density at radius 2 is 1.90 bits per heavy atom. The first-order valence-corrected chi connectivity index (χ1v) is 10.1. The van der Waals surface area contributed by atoms with Crippen LogP contribution >= 0.6 is 0 Å². The molecule has 0 radical (unpaired) electrons. The van der Waals surface area contributed by atoms with Crippen molar-refractivity contribution in [2.45, 2.75) is 32.5 Å². The summed E-state index contributed by atoms with van der Waals surface area (Å²) in [5, 5.41) is 9.56. The van der Waals surface area contributed by atoms with Gasteiger partial charge in [0.1, 0.15) is 17.3 Å². The Kier molecular flexibility index (Phi) is 7.47. The molecule has 5 nitrogen and oxygen atoms in total. The second kappa shape index (κ2) is 10.1. The molecule has 1 atom stereocenters. The number of halogens is 1. The second-order valence-electron chi connectivity index (χ2n) is 7.63. The van der Waals surface area contributed by atoms with Gasteiger partial charge in [0.2, 0.25) is 0 Å². The Hall–Kier alpha value is -2.15. The molecule has 1 aliphatic rings. The Bertz CT molecular complexity index is 815. The minimum Gasteiger partial charge on any atom is -0.497 e. The maximum absolute atomic E-state index is 14.2. The van der Waals surface area contributed by atoms with Crippen LogP contribution in [0, 0.1) is 12.7 Å². The van der Waals surface area contributed by atoms with Gasteiger partial charge in [0, 0.05) is 50.9 Å². The van der Waals surface area contributed by atoms with Crippen LogP contribution in [0.3, 0.4) is 0 Å². The molecular weight excluding hydrogens is 371 g/mol. The van der Waals surface area contributed by atoms with Crippen molar-refractivity contribution in [2.75, 3.05) is 40.5 Å². The van der Waals surface area contributed by atoms with Crippen molar-refractivity contribution in [3.63, 3.8) is 0 Å². The highest BCUT2D eigenvalue weighted by molar-refractivity contribution is 5.36. The zero-order valence-electron chi connectivity index (χ0n) is 17.5. The van der Waals surface area contributed by atoms with E-state index in [-0.39, 0.29) is 18.5 Å². The van der Waals surface area contributed by atoms with Gasteiger partial charge in [-0.3, -0.25) is 9.80 Å². The fourth-order valence-corrected chi connectivity index (χ4v) is 4.05. The summed E-state index contributed by atoms with van der Waals surface area (Å²) in [5.74, 6) is 1.35. The molecule has 0 saturated carbocycles. The molecule has 1 N–H and O–H groups in total. The number of methoxy groups -OCH3 is 2. The Labute approximate surface area is 172 Å². The van der Waals surface area contributed by atoms with Crippen LogP contribution < -0.4 is 9.47 Å². The van der Waals surface area contributed by atoms with Gasteiger partial charge >= 0.3 is 0 Å². The van der Waals surface area contributed by atoms with E-state index in [2.05, 4.69) is 21.9 Å². The third-order valence-electron chi connectivity index (χ3n) is 5.64. The van der Waals surface area contributed by atoms with Crippen LogP contribution in [0.25, 0.3) is 0 Å². The minimum absolute atomic E-state index is 0.143. The number of aliphatic hydroxyl groups is 1. The molecule has 2 aromatic rings. The number of hydrogen-bond acceptors (Lipinski definition) is 5. The van der Waals surface area contributed by atoms with Gasteiger partial charge in [-0.1, -0.05) is 12.1 Å². The Balaban J connectivity index is 1.67. The van der Waals surface area contributed by atoms with Gasteiger partial charge in [0.05, 0.1) is 14.2 Å². The lowest BCUT2D eigenvalue weighted by Crippen LogP contribution is -2.52. The molecule has 0 spiro atoms. The number of aliphatic hydroxyl groups excluding tert-OH is 1. The summed E-state index contributed by atoms with van der Waals surface area (Å²) in [4.78, 5) is 4.67. The molecule has 2 aromatic carbocycles. The van der Waals surface area contributed by atoms with E-state index in [1.54, 1.807) is 26.4 Å². The van der Waals surface area contributed by atoms with Crippen molar-refractivity contribution in [1.82, 2.24) is 9.80 Å². The Morgan fingerprint density at radius 3 is 2.59 bits per heavy atom. The summed E-state index contributed by atoms with van der Waals surface area (Å²) in [6, 6.07) is 11.4. The number of ether oxygens (including phenoxy) is 2. The lowest BCUT2D eigenvalue weighted by molar-refractivity contribution is 0.0494. The third-order valence-corrected chi connectivity index (χ3v) is 5.64. The smallest absolute Gasteiger partial charge is 0.127 e. The summed E-state index contributed by atoms with van der Waals surface area (Å²) in [5.41, 5.74) is 3.00. The summed E-state index contributed by atoms with van der Waals surface area (Å²) in [6.07, 6.45) is 0.701. The van der Waals surface area contributed by atoms with Crippen molar-refractivity contribution in [3.05, 3.63) is 58.9 Å². The predicted octanol–water partition coefficient (Wildman–Crippen LogP) is 3.22. The normalized spacial score (nSPS) is 18.0. The molecule has 0 bridgehead atoms. The van der Waals surface area contributed by atoms with Crippen LogP contribution in [0.5, 0.6) is 11.5 Å². The summed E-state index contributed by atoms with van der Waals surface area (Å²) >= 11 is 0. The standard InChI is InChI=1S/C23H31FN2O3/c1-17-12-18(4-7-23(17)29-3)14-26-10-9-25(16-20(26)8-11-27)15-19-13-21(28-2)5-6-22(19)24/h4-7,12-13,20,27H,8-11,14-16H2,1-3H3/t20-/m0/s1.